The van der Waals surface area contributed by atoms with Crippen LogP contribution in [0.15, 0.2) is 95.9 Å². The van der Waals surface area contributed by atoms with Gasteiger partial charge in [0.2, 0.25) is 5.91 Å². The molecule has 13 heteroatoms. The molecule has 262 valence electrons. The number of hydrogen-bond donors (Lipinski definition) is 2. The first-order valence-electron chi connectivity index (χ1n) is 16.0. The van der Waals surface area contributed by atoms with E-state index in [1.54, 1.807) is 21.1 Å². The zero-order valence-corrected chi connectivity index (χ0v) is 28.2. The number of aliphatic hydroxyl groups excluding tert-OH is 1. The molecule has 1 aliphatic heterocycles. The molecule has 5 atom stereocenters. The molecule has 1 amide bonds. The highest BCUT2D eigenvalue weighted by Crippen LogP contribution is 2.43. The molecule has 0 saturated carbocycles. The van der Waals surface area contributed by atoms with Crippen LogP contribution in [0.4, 0.5) is 5.82 Å². The summed E-state index contributed by atoms with van der Waals surface area (Å²) in [6.45, 7) is 2.88. The van der Waals surface area contributed by atoms with E-state index in [1.165, 1.54) is 23.8 Å². The second kappa shape index (κ2) is 16.5. The molecule has 0 radical (unpaired) electrons. The number of nitrogens with zero attached hydrogens (tertiary/aromatic N) is 3. The Balaban J connectivity index is 1.54. The summed E-state index contributed by atoms with van der Waals surface area (Å²) in [4.78, 5) is 28.7. The van der Waals surface area contributed by atoms with Gasteiger partial charge in [0.05, 0.1) is 39.9 Å². The molecule has 1 unspecified atom stereocenters. The lowest BCUT2D eigenvalue weighted by Crippen LogP contribution is -2.42. The van der Waals surface area contributed by atoms with Crippen LogP contribution in [0.2, 0.25) is 0 Å². The molecule has 0 spiro atoms. The maximum atomic E-state index is 13.2. The quantitative estimate of drug-likeness (QED) is 0.105. The molecule has 13 nitrogen and oxygen atoms in total. The summed E-state index contributed by atoms with van der Waals surface area (Å²) in [6.07, 6.45) is -3.88. The molecular formula is C37H40N4O9. The fourth-order valence-electron chi connectivity index (χ4n) is 5.90. The third-order valence-electron chi connectivity index (χ3n) is 8.27. The molecular weight excluding hydrogens is 644 g/mol. The molecule has 0 aliphatic carbocycles. The fourth-order valence-corrected chi connectivity index (χ4v) is 5.90. The zero-order valence-electron chi connectivity index (χ0n) is 28.2. The maximum absolute atomic E-state index is 13.2. The summed E-state index contributed by atoms with van der Waals surface area (Å²) in [6, 6.07) is 28.2. The van der Waals surface area contributed by atoms with Gasteiger partial charge in [0.25, 0.3) is 0 Å². The van der Waals surface area contributed by atoms with Gasteiger partial charge in [-0.3, -0.25) is 9.36 Å². The van der Waals surface area contributed by atoms with E-state index >= 15 is 0 Å². The highest BCUT2D eigenvalue weighted by molar-refractivity contribution is 5.87. The number of aliphatic hydroxyl groups is 1. The number of nitriles is 1. The van der Waals surface area contributed by atoms with E-state index in [9.17, 15) is 14.7 Å². The van der Waals surface area contributed by atoms with Crippen molar-refractivity contribution in [3.05, 3.63) is 118 Å². The molecule has 1 saturated heterocycles. The average molecular weight is 685 g/mol. The first-order chi connectivity index (χ1) is 24.2. The highest BCUT2D eigenvalue weighted by atomic mass is 16.7. The van der Waals surface area contributed by atoms with E-state index in [0.29, 0.717) is 11.5 Å². The van der Waals surface area contributed by atoms with E-state index in [-0.39, 0.29) is 31.4 Å². The van der Waals surface area contributed by atoms with Crippen LogP contribution in [-0.2, 0) is 29.3 Å². The van der Waals surface area contributed by atoms with Crippen molar-refractivity contribution < 1.29 is 38.3 Å². The first kappa shape index (κ1) is 36.2. The van der Waals surface area contributed by atoms with Gasteiger partial charge in [0.15, 0.2) is 12.5 Å². The molecule has 3 aromatic carbocycles. The number of rotatable bonds is 15. The van der Waals surface area contributed by atoms with Gasteiger partial charge in [-0.25, -0.2) is 4.79 Å². The number of aromatic nitrogens is 2. The smallest absolute Gasteiger partial charge is 0.351 e. The summed E-state index contributed by atoms with van der Waals surface area (Å²) < 4.78 is 37.1. The lowest BCUT2D eigenvalue weighted by molar-refractivity contribution is -0.193. The molecule has 1 fully saturated rings. The lowest BCUT2D eigenvalue weighted by Gasteiger charge is -2.37. The molecule has 2 heterocycles. The van der Waals surface area contributed by atoms with Crippen molar-refractivity contribution in [3.63, 3.8) is 0 Å². The van der Waals surface area contributed by atoms with Crippen molar-refractivity contribution in [1.29, 1.82) is 5.26 Å². The Morgan fingerprint density at radius 1 is 1.00 bits per heavy atom. The molecule has 5 rings (SSSR count). The molecule has 1 aromatic heterocycles. The summed E-state index contributed by atoms with van der Waals surface area (Å²) in [5.41, 5.74) is 0.418. The standard InChI is InChI=1S/C37H40N4O9/c1-24(42)39-32-19-21-41(36(44)40-32)35-34(49-25(2)47-22-8-20-38)33(43)31(50-35)23-48-37(26-9-6-5-7-10-26,27-11-15-29(45-3)16-12-27)28-13-17-30(46-4)18-14-28/h5-7,9-19,21,25,31,33-35,43H,8,22-23H2,1-4H3,(H,39,40,42,44)/t25?,31-,33-,34-,35-/m1/s1. The number of carbonyl (C=O) groups is 1. The van der Waals surface area contributed by atoms with Gasteiger partial charge in [-0.05, 0) is 53.9 Å². The third kappa shape index (κ3) is 8.02. The second-order valence-corrected chi connectivity index (χ2v) is 11.5. The van der Waals surface area contributed by atoms with Gasteiger partial charge in [-0.2, -0.15) is 10.2 Å². The summed E-state index contributed by atoms with van der Waals surface area (Å²) in [5, 5.41) is 23.2. The molecule has 4 aromatic rings. The Morgan fingerprint density at radius 2 is 1.60 bits per heavy atom. The first-order valence-corrected chi connectivity index (χ1v) is 16.0. The minimum Gasteiger partial charge on any atom is -0.497 e. The highest BCUT2D eigenvalue weighted by Gasteiger charge is 2.49. The van der Waals surface area contributed by atoms with Gasteiger partial charge in [0.1, 0.15) is 41.2 Å². The van der Waals surface area contributed by atoms with Crippen LogP contribution < -0.4 is 20.5 Å². The van der Waals surface area contributed by atoms with E-state index in [4.69, 9.17) is 33.7 Å². The number of nitrogens with one attached hydrogen (secondary N) is 1. The van der Waals surface area contributed by atoms with Crippen LogP contribution in [0.25, 0.3) is 0 Å². The van der Waals surface area contributed by atoms with Crippen LogP contribution >= 0.6 is 0 Å². The van der Waals surface area contributed by atoms with Crippen molar-refractivity contribution in [3.8, 4) is 17.6 Å². The van der Waals surface area contributed by atoms with Crippen molar-refractivity contribution >= 4 is 11.7 Å². The number of hydrogen-bond acceptors (Lipinski definition) is 11. The van der Waals surface area contributed by atoms with Crippen molar-refractivity contribution in [1.82, 2.24) is 9.55 Å². The van der Waals surface area contributed by atoms with Crippen molar-refractivity contribution in [2.45, 2.75) is 56.7 Å². The monoisotopic (exact) mass is 684 g/mol. The summed E-state index contributed by atoms with van der Waals surface area (Å²) >= 11 is 0. The van der Waals surface area contributed by atoms with Gasteiger partial charge >= 0.3 is 5.69 Å². The molecule has 50 heavy (non-hydrogen) atoms. The Bertz CT molecular complexity index is 1760. The molecule has 2 N–H and O–H groups in total. The number of benzene rings is 3. The number of methoxy groups -OCH3 is 2. The predicted molar refractivity (Wildman–Crippen MR) is 181 cm³/mol. The topological polar surface area (TPSA) is 163 Å². The minimum atomic E-state index is -1.30. The molecule has 1 aliphatic rings. The summed E-state index contributed by atoms with van der Waals surface area (Å²) in [7, 11) is 3.19. The predicted octanol–water partition coefficient (Wildman–Crippen LogP) is 4.15. The zero-order chi connectivity index (χ0) is 35.7. The second-order valence-electron chi connectivity index (χ2n) is 11.5. The largest absolute Gasteiger partial charge is 0.497 e. The van der Waals surface area contributed by atoms with Gasteiger partial charge in [-0.15, -0.1) is 0 Å². The third-order valence-corrected chi connectivity index (χ3v) is 8.27. The summed E-state index contributed by atoms with van der Waals surface area (Å²) in [5.74, 6) is 1.00. The number of carbonyl (C=O) groups excluding carboxylic acids is 1. The van der Waals surface area contributed by atoms with Gasteiger partial charge < -0.3 is 38.8 Å². The van der Waals surface area contributed by atoms with Crippen LogP contribution in [0.5, 0.6) is 11.5 Å². The van der Waals surface area contributed by atoms with Crippen LogP contribution in [0.1, 0.15) is 43.2 Å². The van der Waals surface area contributed by atoms with Crippen LogP contribution in [0.3, 0.4) is 0 Å². The average Bonchev–Trinajstić information content (AvgIpc) is 3.43. The number of ether oxygens (including phenoxy) is 6. The Kier molecular flexibility index (Phi) is 12.0. The fraction of sp³-hybridized carbons (Fsp3) is 0.351. The SMILES string of the molecule is COc1ccc(C(OC[C@H]2O[C@@H](n3ccc(NC(C)=O)nc3=O)[C@H](OC(C)OCCC#N)[C@@H]2O)(c2ccccc2)c2ccc(OC)cc2)cc1. The molecule has 0 bridgehead atoms. The van der Waals surface area contributed by atoms with Gasteiger partial charge in [0, 0.05) is 13.1 Å². The normalized spacial score (nSPS) is 19.4. The maximum Gasteiger partial charge on any atom is 0.351 e. The van der Waals surface area contributed by atoms with E-state index in [0.717, 1.165) is 16.7 Å². The number of anilines is 1. The van der Waals surface area contributed by atoms with Crippen LogP contribution in [0, 0.1) is 11.3 Å². The van der Waals surface area contributed by atoms with E-state index in [2.05, 4.69) is 10.3 Å². The van der Waals surface area contributed by atoms with Gasteiger partial charge in [-0.1, -0.05) is 54.6 Å². The lowest BCUT2D eigenvalue weighted by atomic mass is 9.80. The van der Waals surface area contributed by atoms with E-state index < -0.39 is 42.1 Å². The Labute approximate surface area is 289 Å². The number of amides is 1. The van der Waals surface area contributed by atoms with Crippen molar-refractivity contribution in [2.24, 2.45) is 0 Å². The Hall–Kier alpha value is -5.10. The van der Waals surface area contributed by atoms with Crippen molar-refractivity contribution in [2.75, 3.05) is 32.8 Å². The van der Waals surface area contributed by atoms with Crippen LogP contribution in [-0.4, -0.2) is 72.6 Å². The van der Waals surface area contributed by atoms with E-state index in [1.807, 2.05) is 84.9 Å². The Morgan fingerprint density at radius 3 is 2.14 bits per heavy atom. The minimum absolute atomic E-state index is 0.0643.